The van der Waals surface area contributed by atoms with Crippen LogP contribution in [0.4, 0.5) is 4.39 Å². The van der Waals surface area contributed by atoms with E-state index in [-0.39, 0.29) is 12.4 Å². The smallest absolute Gasteiger partial charge is 0.337 e. The fourth-order valence-corrected chi connectivity index (χ4v) is 4.45. The number of aromatic nitrogens is 3. The molecule has 34 heavy (non-hydrogen) atoms. The number of rotatable bonds is 5. The van der Waals surface area contributed by atoms with Gasteiger partial charge >= 0.3 is 5.97 Å². The van der Waals surface area contributed by atoms with Gasteiger partial charge in [-0.05, 0) is 12.1 Å². The third-order valence-electron chi connectivity index (χ3n) is 6.07. The first-order valence-electron chi connectivity index (χ1n) is 10.8. The van der Waals surface area contributed by atoms with Gasteiger partial charge in [-0.25, -0.2) is 13.9 Å². The van der Waals surface area contributed by atoms with E-state index in [9.17, 15) is 9.18 Å². The Bertz CT molecular complexity index is 1140. The highest BCUT2D eigenvalue weighted by Crippen LogP contribution is 2.40. The van der Waals surface area contributed by atoms with E-state index in [1.54, 1.807) is 23.0 Å². The lowest BCUT2D eigenvalue weighted by Gasteiger charge is -2.48. The quantitative estimate of drug-likeness (QED) is 0.527. The molecule has 3 aromatic rings. The molecule has 0 amide bonds. The maximum Gasteiger partial charge on any atom is 0.337 e. The highest BCUT2D eigenvalue weighted by Gasteiger charge is 2.54. The molecule has 2 aromatic carbocycles. The minimum Gasteiger partial charge on any atom is -0.467 e. The highest BCUT2D eigenvalue weighted by molar-refractivity contribution is 5.75. The predicted octanol–water partition coefficient (Wildman–Crippen LogP) is 2.69. The highest BCUT2D eigenvalue weighted by atomic mass is 19.1. The van der Waals surface area contributed by atoms with Crippen molar-refractivity contribution in [3.05, 3.63) is 72.2 Å². The van der Waals surface area contributed by atoms with Crippen LogP contribution in [0.15, 0.2) is 60.8 Å². The maximum atomic E-state index is 13.8. The average Bonchev–Trinajstić information content (AvgIpc) is 3.37. The van der Waals surface area contributed by atoms with Gasteiger partial charge in [-0.3, -0.25) is 0 Å². The van der Waals surface area contributed by atoms with Crippen molar-refractivity contribution < 1.29 is 32.9 Å². The van der Waals surface area contributed by atoms with Crippen LogP contribution in [0.1, 0.15) is 17.9 Å². The van der Waals surface area contributed by atoms with Crippen LogP contribution in [-0.4, -0.2) is 66.2 Å². The van der Waals surface area contributed by atoms with Gasteiger partial charge in [0.05, 0.1) is 19.9 Å². The largest absolute Gasteiger partial charge is 0.467 e. The van der Waals surface area contributed by atoms with Gasteiger partial charge in [-0.15, -0.1) is 5.10 Å². The van der Waals surface area contributed by atoms with Gasteiger partial charge in [0.25, 0.3) is 0 Å². The number of carbonyl (C=O) groups excluding carboxylic acids is 1. The minimum absolute atomic E-state index is 0.191. The number of esters is 1. The summed E-state index contributed by atoms with van der Waals surface area (Å²) in [5.41, 5.74) is 1.89. The molecule has 2 fully saturated rings. The first-order chi connectivity index (χ1) is 16.6. The molecule has 2 aliphatic rings. The van der Waals surface area contributed by atoms with Crippen LogP contribution in [0, 0.1) is 5.82 Å². The van der Waals surface area contributed by atoms with E-state index < -0.39 is 42.7 Å². The van der Waals surface area contributed by atoms with E-state index in [1.165, 1.54) is 26.4 Å². The number of fused-ring (bicyclic) bond motifs is 1. The molecule has 10 heteroatoms. The summed E-state index contributed by atoms with van der Waals surface area (Å²) in [7, 11) is 2.77. The SMILES string of the molecule is COC(=O)C1OC2COC(c3ccccc3)OC2C(n2cc(-c3cccc(F)c3)nn2)C1OC. The first-order valence-corrected chi connectivity index (χ1v) is 10.8. The number of halogens is 1. The Morgan fingerprint density at radius 3 is 2.68 bits per heavy atom. The molecule has 1 aromatic heterocycles. The van der Waals surface area contributed by atoms with E-state index >= 15 is 0 Å². The Labute approximate surface area is 195 Å². The monoisotopic (exact) mass is 469 g/mol. The topological polar surface area (TPSA) is 93.9 Å². The van der Waals surface area contributed by atoms with Gasteiger partial charge in [0.1, 0.15) is 35.9 Å². The van der Waals surface area contributed by atoms with Crippen molar-refractivity contribution in [2.75, 3.05) is 20.8 Å². The molecular weight excluding hydrogens is 445 g/mol. The van der Waals surface area contributed by atoms with E-state index in [1.807, 2.05) is 30.3 Å². The molecule has 2 saturated heterocycles. The summed E-state index contributed by atoms with van der Waals surface area (Å²) in [6, 6.07) is 15.0. The molecule has 9 nitrogen and oxygen atoms in total. The van der Waals surface area contributed by atoms with E-state index in [0.717, 1.165) is 5.56 Å². The second kappa shape index (κ2) is 9.59. The van der Waals surface area contributed by atoms with Crippen LogP contribution < -0.4 is 0 Å². The summed E-state index contributed by atoms with van der Waals surface area (Å²) in [5, 5.41) is 8.51. The Balaban J connectivity index is 1.52. The Kier molecular flexibility index (Phi) is 6.38. The van der Waals surface area contributed by atoms with Gasteiger partial charge in [0.2, 0.25) is 0 Å². The van der Waals surface area contributed by atoms with E-state index in [0.29, 0.717) is 11.3 Å². The molecule has 5 rings (SSSR count). The zero-order chi connectivity index (χ0) is 23.7. The Hall–Kier alpha value is -3.18. The lowest BCUT2D eigenvalue weighted by Crippen LogP contribution is -2.61. The lowest BCUT2D eigenvalue weighted by molar-refractivity contribution is -0.316. The van der Waals surface area contributed by atoms with Gasteiger partial charge in [0.15, 0.2) is 12.4 Å². The van der Waals surface area contributed by atoms with Crippen molar-refractivity contribution in [1.82, 2.24) is 15.0 Å². The fourth-order valence-electron chi connectivity index (χ4n) is 4.45. The maximum absolute atomic E-state index is 13.8. The zero-order valence-corrected chi connectivity index (χ0v) is 18.6. The van der Waals surface area contributed by atoms with Gasteiger partial charge < -0.3 is 23.7 Å². The molecule has 6 unspecified atom stereocenters. The molecule has 0 bridgehead atoms. The van der Waals surface area contributed by atoms with Crippen LogP contribution in [0.2, 0.25) is 0 Å². The molecular formula is C24H24FN3O6. The molecule has 0 N–H and O–H groups in total. The van der Waals surface area contributed by atoms with Crippen LogP contribution in [-0.2, 0) is 28.5 Å². The number of benzene rings is 2. The predicted molar refractivity (Wildman–Crippen MR) is 116 cm³/mol. The molecule has 0 aliphatic carbocycles. The number of ether oxygens (including phenoxy) is 5. The third-order valence-corrected chi connectivity index (χ3v) is 6.07. The molecule has 6 atom stereocenters. The Morgan fingerprint density at radius 2 is 1.94 bits per heavy atom. The molecule has 3 heterocycles. The molecule has 0 radical (unpaired) electrons. The summed E-state index contributed by atoms with van der Waals surface area (Å²) < 4.78 is 44.3. The molecule has 2 aliphatic heterocycles. The van der Waals surface area contributed by atoms with Crippen molar-refractivity contribution in [2.45, 2.75) is 36.7 Å². The standard InChI is InChI=1S/C24H24FN3O6/c1-30-21-19(28-12-17(26-27-28)15-9-6-10-16(25)11-15)20-18(33-22(21)23(29)31-2)13-32-24(34-20)14-7-4-3-5-8-14/h3-12,18-22,24H,13H2,1-2H3. The van der Waals surface area contributed by atoms with Crippen LogP contribution in [0.3, 0.4) is 0 Å². The normalized spacial score (nSPS) is 28.8. The van der Waals surface area contributed by atoms with Gasteiger partial charge in [-0.1, -0.05) is 47.7 Å². The molecule has 0 spiro atoms. The second-order valence-corrected chi connectivity index (χ2v) is 8.08. The molecule has 0 saturated carbocycles. The summed E-state index contributed by atoms with van der Waals surface area (Å²) in [4.78, 5) is 12.5. The molecule has 178 valence electrons. The van der Waals surface area contributed by atoms with Crippen molar-refractivity contribution >= 4 is 5.97 Å². The summed E-state index contributed by atoms with van der Waals surface area (Å²) >= 11 is 0. The average molecular weight is 469 g/mol. The summed E-state index contributed by atoms with van der Waals surface area (Å²) in [6.07, 6.45) is -1.92. The summed E-state index contributed by atoms with van der Waals surface area (Å²) in [5.74, 6) is -0.955. The first kappa shape index (κ1) is 22.6. The van der Waals surface area contributed by atoms with Crippen LogP contribution in [0.25, 0.3) is 11.3 Å². The summed E-state index contributed by atoms with van der Waals surface area (Å²) in [6.45, 7) is 0.191. The van der Waals surface area contributed by atoms with Crippen molar-refractivity contribution in [3.8, 4) is 11.3 Å². The van der Waals surface area contributed by atoms with Crippen LogP contribution >= 0.6 is 0 Å². The van der Waals surface area contributed by atoms with E-state index in [4.69, 9.17) is 23.7 Å². The second-order valence-electron chi connectivity index (χ2n) is 8.08. The van der Waals surface area contributed by atoms with Crippen LogP contribution in [0.5, 0.6) is 0 Å². The minimum atomic E-state index is -1.02. The zero-order valence-electron chi connectivity index (χ0n) is 18.6. The fraction of sp³-hybridized carbons (Fsp3) is 0.375. The Morgan fingerprint density at radius 1 is 1.12 bits per heavy atom. The van der Waals surface area contributed by atoms with Crippen molar-refractivity contribution in [3.63, 3.8) is 0 Å². The lowest BCUT2D eigenvalue weighted by atomic mass is 9.91. The van der Waals surface area contributed by atoms with Gasteiger partial charge in [-0.2, -0.15) is 0 Å². The number of methoxy groups -OCH3 is 2. The van der Waals surface area contributed by atoms with E-state index in [2.05, 4.69) is 10.3 Å². The van der Waals surface area contributed by atoms with Gasteiger partial charge in [0, 0.05) is 18.2 Å². The third kappa shape index (κ3) is 4.21. The number of hydrogen-bond acceptors (Lipinski definition) is 8. The van der Waals surface area contributed by atoms with Crippen molar-refractivity contribution in [2.24, 2.45) is 0 Å². The number of carbonyl (C=O) groups is 1. The van der Waals surface area contributed by atoms with Crippen molar-refractivity contribution in [1.29, 1.82) is 0 Å². The number of nitrogens with zero attached hydrogens (tertiary/aromatic N) is 3. The number of hydrogen-bond donors (Lipinski definition) is 0.